The van der Waals surface area contributed by atoms with E-state index in [4.69, 9.17) is 4.74 Å². The van der Waals surface area contributed by atoms with Gasteiger partial charge in [-0.05, 0) is 24.7 Å². The van der Waals surface area contributed by atoms with Gasteiger partial charge in [-0.2, -0.15) is 0 Å². The van der Waals surface area contributed by atoms with E-state index in [0.29, 0.717) is 13.0 Å². The first-order valence-corrected chi connectivity index (χ1v) is 5.13. The minimum absolute atomic E-state index is 0. The minimum atomic E-state index is -4.21. The van der Waals surface area contributed by atoms with Crippen LogP contribution in [0, 0.1) is 6.42 Å². The molecule has 1 aromatic rings. The summed E-state index contributed by atoms with van der Waals surface area (Å²) >= 11 is 0. The third-order valence-electron chi connectivity index (χ3n) is 2.25. The Morgan fingerprint density at radius 1 is 1.22 bits per heavy atom. The number of nitrogens with zero attached hydrogens (tertiary/aromatic N) is 1. The molecule has 1 aromatic carbocycles. The topological polar surface area (TPSA) is 12.5 Å². The molecule has 0 aliphatic heterocycles. The van der Waals surface area contributed by atoms with Crippen LogP contribution in [0.3, 0.4) is 0 Å². The van der Waals surface area contributed by atoms with Gasteiger partial charge in [0, 0.05) is 27.6 Å². The van der Waals surface area contributed by atoms with Crippen LogP contribution in [-0.4, -0.2) is 31.8 Å². The van der Waals surface area contributed by atoms with E-state index in [1.165, 1.54) is 0 Å². The van der Waals surface area contributed by atoms with Crippen molar-refractivity contribution in [3.63, 3.8) is 0 Å². The number of benzene rings is 1. The fourth-order valence-corrected chi connectivity index (χ4v) is 1.37. The number of hydrogen-bond donors (Lipinski definition) is 0. The molecule has 6 heteroatoms. The first kappa shape index (κ1) is 17.5. The predicted molar refractivity (Wildman–Crippen MR) is 59.7 cm³/mol. The largest absolute Gasteiger partial charge is 0.497 e. The zero-order valence-electron chi connectivity index (χ0n) is 10.2. The molecule has 0 heterocycles. The summed E-state index contributed by atoms with van der Waals surface area (Å²) in [7, 11) is 3.21. The molecule has 0 aliphatic rings. The molecule has 0 bridgehead atoms. The van der Waals surface area contributed by atoms with Crippen LogP contribution >= 0.6 is 0 Å². The Morgan fingerprint density at radius 3 is 2.22 bits per heavy atom. The second-order valence-corrected chi connectivity index (χ2v) is 3.79. The van der Waals surface area contributed by atoms with E-state index < -0.39 is 6.18 Å². The van der Waals surface area contributed by atoms with Crippen LogP contribution in [0.1, 0.15) is 5.56 Å². The molecule has 1 rings (SSSR count). The molecule has 18 heavy (non-hydrogen) atoms. The Labute approximate surface area is 119 Å². The van der Waals surface area contributed by atoms with E-state index in [1.54, 1.807) is 31.2 Å². The summed E-state index contributed by atoms with van der Waals surface area (Å²) in [5.41, 5.74) is 0.948. The SMILES string of the molecule is COc1ccc(CN(C)C[CH-]C(F)(F)F)cc1.[Mo]. The van der Waals surface area contributed by atoms with Crippen molar-refractivity contribution >= 4 is 0 Å². The first-order valence-electron chi connectivity index (χ1n) is 5.13. The molecule has 0 unspecified atom stereocenters. The van der Waals surface area contributed by atoms with Gasteiger partial charge in [0.1, 0.15) is 5.75 Å². The van der Waals surface area contributed by atoms with Crippen molar-refractivity contribution in [1.82, 2.24) is 4.90 Å². The van der Waals surface area contributed by atoms with Crippen LogP contribution < -0.4 is 4.74 Å². The Kier molecular flexibility index (Phi) is 7.56. The van der Waals surface area contributed by atoms with Crippen molar-refractivity contribution in [2.45, 2.75) is 12.7 Å². The normalized spacial score (nSPS) is 11.2. The smallest absolute Gasteiger partial charge is 0.271 e. The molecule has 2 nitrogen and oxygen atoms in total. The molecule has 0 saturated carbocycles. The van der Waals surface area contributed by atoms with Crippen molar-refractivity contribution in [1.29, 1.82) is 0 Å². The maximum absolute atomic E-state index is 12.0. The molecule has 0 atom stereocenters. The van der Waals surface area contributed by atoms with Crippen LogP contribution in [0.2, 0.25) is 0 Å². The van der Waals surface area contributed by atoms with Crippen LogP contribution in [0.4, 0.5) is 13.2 Å². The number of hydrogen-bond acceptors (Lipinski definition) is 2. The van der Waals surface area contributed by atoms with E-state index in [1.807, 2.05) is 12.1 Å². The molecule has 0 radical (unpaired) electrons. The van der Waals surface area contributed by atoms with Crippen molar-refractivity contribution in [3.8, 4) is 5.75 Å². The molecule has 102 valence electrons. The Morgan fingerprint density at radius 2 is 1.78 bits per heavy atom. The second-order valence-electron chi connectivity index (χ2n) is 3.79. The number of halogens is 3. The third kappa shape index (κ3) is 7.02. The van der Waals surface area contributed by atoms with Gasteiger partial charge in [0.05, 0.1) is 7.11 Å². The van der Waals surface area contributed by atoms with E-state index in [-0.39, 0.29) is 27.6 Å². The number of alkyl halides is 3. The quantitative estimate of drug-likeness (QED) is 0.603. The molecule has 0 spiro atoms. The first-order chi connectivity index (χ1) is 7.90. The third-order valence-corrected chi connectivity index (χ3v) is 2.25. The van der Waals surface area contributed by atoms with E-state index >= 15 is 0 Å². The van der Waals surface area contributed by atoms with Gasteiger partial charge in [0.25, 0.3) is 6.18 Å². The van der Waals surface area contributed by atoms with Crippen LogP contribution in [0.15, 0.2) is 24.3 Å². The van der Waals surface area contributed by atoms with E-state index in [0.717, 1.165) is 11.3 Å². The van der Waals surface area contributed by atoms with Crippen molar-refractivity contribution in [2.75, 3.05) is 20.7 Å². The molecule has 0 aliphatic carbocycles. The van der Waals surface area contributed by atoms with Gasteiger partial charge in [-0.3, -0.25) is 0 Å². The van der Waals surface area contributed by atoms with E-state index in [2.05, 4.69) is 0 Å². The summed E-state index contributed by atoms with van der Waals surface area (Å²) in [4.78, 5) is 1.59. The van der Waals surface area contributed by atoms with Crippen LogP contribution in [0.25, 0.3) is 0 Å². The van der Waals surface area contributed by atoms with E-state index in [9.17, 15) is 13.2 Å². The van der Waals surface area contributed by atoms with Gasteiger partial charge >= 0.3 is 0 Å². The van der Waals surface area contributed by atoms with Gasteiger partial charge in [-0.15, -0.1) is 6.54 Å². The molecule has 0 amide bonds. The summed E-state index contributed by atoms with van der Waals surface area (Å²) in [5, 5.41) is 0. The molecule has 0 N–H and O–H groups in total. The van der Waals surface area contributed by atoms with Crippen molar-refractivity contribution in [3.05, 3.63) is 36.2 Å². The maximum atomic E-state index is 12.0. The number of rotatable bonds is 5. The fraction of sp³-hybridized carbons (Fsp3) is 0.417. The Hall–Kier alpha value is -0.542. The molecular formula is C12H15F3MoNO-. The maximum Gasteiger partial charge on any atom is 0.271 e. The predicted octanol–water partition coefficient (Wildman–Crippen LogP) is 2.89. The molecule has 0 saturated heterocycles. The van der Waals surface area contributed by atoms with Crippen LogP contribution in [0.5, 0.6) is 5.75 Å². The van der Waals surface area contributed by atoms with Gasteiger partial charge in [-0.1, -0.05) is 12.1 Å². The van der Waals surface area contributed by atoms with Gasteiger partial charge in [0.15, 0.2) is 0 Å². The van der Waals surface area contributed by atoms with Crippen molar-refractivity contribution < 1.29 is 39.0 Å². The zero-order valence-corrected chi connectivity index (χ0v) is 12.2. The number of methoxy groups -OCH3 is 1. The average molecular weight is 342 g/mol. The average Bonchev–Trinajstić information content (AvgIpc) is 2.27. The Bertz CT molecular complexity index is 340. The molecular weight excluding hydrogens is 327 g/mol. The summed E-state index contributed by atoms with van der Waals surface area (Å²) in [5.74, 6) is 0.734. The summed E-state index contributed by atoms with van der Waals surface area (Å²) in [6.07, 6.45) is -3.87. The van der Waals surface area contributed by atoms with Crippen molar-refractivity contribution in [2.24, 2.45) is 0 Å². The zero-order chi connectivity index (χ0) is 12.9. The fourth-order valence-electron chi connectivity index (χ4n) is 1.37. The van der Waals surface area contributed by atoms with Gasteiger partial charge < -0.3 is 9.64 Å². The summed E-state index contributed by atoms with van der Waals surface area (Å²) < 4.78 is 40.9. The number of ether oxygens (including phenoxy) is 1. The van der Waals surface area contributed by atoms with Crippen LogP contribution in [-0.2, 0) is 27.6 Å². The minimum Gasteiger partial charge on any atom is -0.497 e. The monoisotopic (exact) mass is 344 g/mol. The summed E-state index contributed by atoms with van der Waals surface area (Å²) in [6, 6.07) is 7.25. The summed E-state index contributed by atoms with van der Waals surface area (Å²) in [6.45, 7) is 0.353. The standard InChI is InChI=1S/C12H15F3NO.Mo/c1-16(8-7-12(13,14)15)9-10-3-5-11(17-2)6-4-10;/h3-7H,8-9H2,1-2H3;/q-1;. The second kappa shape index (κ2) is 7.80. The van der Waals surface area contributed by atoms with Gasteiger partial charge in [-0.25, -0.2) is 19.6 Å². The molecule has 0 fully saturated rings. The molecule has 0 aromatic heterocycles. The Balaban J connectivity index is 0.00000289. The van der Waals surface area contributed by atoms with Gasteiger partial charge in [0.2, 0.25) is 0 Å².